The smallest absolute Gasteiger partial charge is 0.147 e. The highest BCUT2D eigenvalue weighted by Crippen LogP contribution is 2.16. The van der Waals surface area contributed by atoms with Gasteiger partial charge >= 0.3 is 0 Å². The molecule has 3 nitrogen and oxygen atoms in total. The van der Waals surface area contributed by atoms with Gasteiger partial charge in [0.15, 0.2) is 0 Å². The number of rotatable bonds is 3. The van der Waals surface area contributed by atoms with E-state index in [9.17, 15) is 4.79 Å². The minimum atomic E-state index is -0.433. The summed E-state index contributed by atoms with van der Waals surface area (Å²) in [6.07, 6.45) is 0. The molecule has 1 atom stereocenters. The van der Waals surface area contributed by atoms with E-state index in [1.54, 1.807) is 0 Å². The summed E-state index contributed by atoms with van der Waals surface area (Å²) < 4.78 is 0. The van der Waals surface area contributed by atoms with Crippen LogP contribution in [0.1, 0.15) is 20.8 Å². The Morgan fingerprint density at radius 3 is 2.10 bits per heavy atom. The van der Waals surface area contributed by atoms with E-state index in [-0.39, 0.29) is 11.2 Å². The third-order valence-corrected chi connectivity index (χ3v) is 1.81. The summed E-state index contributed by atoms with van der Waals surface area (Å²) >= 11 is 0. The monoisotopic (exact) mass is 144 g/mol. The zero-order valence-electron chi connectivity index (χ0n) is 6.85. The third-order valence-electron chi connectivity index (χ3n) is 1.81. The van der Waals surface area contributed by atoms with Crippen molar-refractivity contribution in [3.8, 4) is 0 Å². The van der Waals surface area contributed by atoms with Gasteiger partial charge in [-0.2, -0.15) is 0 Å². The van der Waals surface area contributed by atoms with Gasteiger partial charge in [0.05, 0.1) is 6.04 Å². The third kappa shape index (κ3) is 2.08. The van der Waals surface area contributed by atoms with Crippen LogP contribution in [0.15, 0.2) is 0 Å². The zero-order valence-corrected chi connectivity index (χ0v) is 6.85. The van der Waals surface area contributed by atoms with Crippen molar-refractivity contribution >= 4 is 5.78 Å². The lowest BCUT2D eigenvalue weighted by Crippen LogP contribution is -2.46. The van der Waals surface area contributed by atoms with Crippen LogP contribution in [0.2, 0.25) is 0 Å². The largest absolute Gasteiger partial charge is 0.330 e. The quantitative estimate of drug-likeness (QED) is 0.580. The molecule has 0 heterocycles. The average molecular weight is 144 g/mol. The first kappa shape index (κ1) is 9.59. The Balaban J connectivity index is 4.17. The maximum absolute atomic E-state index is 10.8. The molecule has 0 aromatic heterocycles. The fraction of sp³-hybridized carbons (Fsp3) is 0.857. The summed E-state index contributed by atoms with van der Waals surface area (Å²) in [5, 5.41) is 0. The molecule has 10 heavy (non-hydrogen) atoms. The number of hydrogen-bond donors (Lipinski definition) is 2. The molecule has 0 bridgehead atoms. The van der Waals surface area contributed by atoms with Gasteiger partial charge in [-0.3, -0.25) is 4.79 Å². The molecule has 1 unspecified atom stereocenters. The van der Waals surface area contributed by atoms with Crippen LogP contribution in [0, 0.1) is 5.41 Å². The zero-order chi connectivity index (χ0) is 8.36. The highest BCUT2D eigenvalue weighted by atomic mass is 16.1. The average Bonchev–Trinajstić information content (AvgIpc) is 1.86. The van der Waals surface area contributed by atoms with Gasteiger partial charge in [0.25, 0.3) is 0 Å². The second-order valence-corrected chi connectivity index (χ2v) is 3.28. The maximum atomic E-state index is 10.8. The second-order valence-electron chi connectivity index (χ2n) is 3.28. The van der Waals surface area contributed by atoms with Gasteiger partial charge in [-0.1, -0.05) is 13.8 Å². The molecule has 0 aliphatic heterocycles. The Morgan fingerprint density at radius 1 is 1.60 bits per heavy atom. The number of ketones is 1. The van der Waals surface area contributed by atoms with Gasteiger partial charge in [0.1, 0.15) is 5.78 Å². The van der Waals surface area contributed by atoms with Gasteiger partial charge in [0.2, 0.25) is 0 Å². The number of nitrogens with two attached hydrogens (primary N) is 2. The lowest BCUT2D eigenvalue weighted by molar-refractivity contribution is -0.120. The van der Waals surface area contributed by atoms with Crippen molar-refractivity contribution in [3.05, 3.63) is 0 Å². The summed E-state index contributed by atoms with van der Waals surface area (Å²) in [5.41, 5.74) is 10.7. The summed E-state index contributed by atoms with van der Waals surface area (Å²) in [4.78, 5) is 10.8. The van der Waals surface area contributed by atoms with Crippen LogP contribution >= 0.6 is 0 Å². The van der Waals surface area contributed by atoms with Crippen LogP contribution in [0.25, 0.3) is 0 Å². The molecule has 0 fully saturated rings. The van der Waals surface area contributed by atoms with Gasteiger partial charge in [0, 0.05) is 0 Å². The number of hydrogen-bond acceptors (Lipinski definition) is 3. The normalized spacial score (nSPS) is 14.9. The Morgan fingerprint density at radius 2 is 2.00 bits per heavy atom. The minimum absolute atomic E-state index is 0.00421. The van der Waals surface area contributed by atoms with Gasteiger partial charge in [-0.05, 0) is 18.9 Å². The van der Waals surface area contributed by atoms with E-state index in [0.717, 1.165) is 0 Å². The summed E-state index contributed by atoms with van der Waals surface area (Å²) in [6.45, 7) is 5.70. The Kier molecular flexibility index (Phi) is 2.99. The van der Waals surface area contributed by atoms with Crippen molar-refractivity contribution < 1.29 is 4.79 Å². The van der Waals surface area contributed by atoms with Crippen LogP contribution in [0.5, 0.6) is 0 Å². The molecule has 0 radical (unpaired) electrons. The molecule has 0 aliphatic rings. The predicted octanol–water partition coefficient (Wildman–Crippen LogP) is -0.112. The Labute approximate surface area is 61.8 Å². The summed E-state index contributed by atoms with van der Waals surface area (Å²) in [7, 11) is 0. The van der Waals surface area contributed by atoms with Crippen molar-refractivity contribution in [2.45, 2.75) is 26.8 Å². The second kappa shape index (κ2) is 3.12. The van der Waals surface area contributed by atoms with Crippen molar-refractivity contribution in [2.75, 3.05) is 6.54 Å². The fourth-order valence-corrected chi connectivity index (χ4v) is 0.677. The molecule has 60 valence electrons. The minimum Gasteiger partial charge on any atom is -0.330 e. The first-order valence-corrected chi connectivity index (χ1v) is 3.38. The molecule has 0 amide bonds. The molecule has 0 spiro atoms. The summed E-state index contributed by atoms with van der Waals surface area (Å²) in [6, 6.07) is -0.433. The van der Waals surface area contributed by atoms with Gasteiger partial charge in [-0.15, -0.1) is 0 Å². The van der Waals surface area contributed by atoms with Gasteiger partial charge in [-0.25, -0.2) is 0 Å². The predicted molar refractivity (Wildman–Crippen MR) is 41.5 cm³/mol. The van der Waals surface area contributed by atoms with E-state index < -0.39 is 6.04 Å². The Bertz CT molecular complexity index is 132. The first-order chi connectivity index (χ1) is 4.41. The van der Waals surface area contributed by atoms with Crippen molar-refractivity contribution in [3.63, 3.8) is 0 Å². The molecule has 0 aromatic rings. The van der Waals surface area contributed by atoms with Crippen LogP contribution in [0.4, 0.5) is 0 Å². The fourth-order valence-electron chi connectivity index (χ4n) is 0.677. The molecule has 0 saturated heterocycles. The van der Waals surface area contributed by atoms with E-state index in [4.69, 9.17) is 11.5 Å². The highest BCUT2D eigenvalue weighted by molar-refractivity contribution is 5.82. The molecular formula is C7H16N2O. The lowest BCUT2D eigenvalue weighted by atomic mass is 9.83. The highest BCUT2D eigenvalue weighted by Gasteiger charge is 2.27. The van der Waals surface area contributed by atoms with E-state index in [1.807, 2.05) is 13.8 Å². The topological polar surface area (TPSA) is 69.1 Å². The van der Waals surface area contributed by atoms with Crippen molar-refractivity contribution in [1.82, 2.24) is 0 Å². The van der Waals surface area contributed by atoms with Crippen molar-refractivity contribution in [2.24, 2.45) is 16.9 Å². The van der Waals surface area contributed by atoms with E-state index in [1.165, 1.54) is 6.92 Å². The summed E-state index contributed by atoms with van der Waals surface area (Å²) in [5.74, 6) is -0.00421. The standard InChI is InChI=1S/C7H16N2O/c1-5(10)6(9)7(2,3)4-8/h6H,4,8-9H2,1-3H3. The molecule has 0 saturated carbocycles. The number of Topliss-reactive ketones (excluding diaryl/α,β-unsaturated/α-hetero) is 1. The molecular weight excluding hydrogens is 128 g/mol. The molecule has 4 N–H and O–H groups in total. The van der Waals surface area contributed by atoms with E-state index in [0.29, 0.717) is 6.54 Å². The van der Waals surface area contributed by atoms with Gasteiger partial charge < -0.3 is 11.5 Å². The van der Waals surface area contributed by atoms with Crippen LogP contribution in [-0.2, 0) is 4.79 Å². The molecule has 3 heteroatoms. The number of carbonyl (C=O) groups is 1. The maximum Gasteiger partial charge on any atom is 0.147 e. The van der Waals surface area contributed by atoms with Crippen LogP contribution in [-0.4, -0.2) is 18.4 Å². The Hall–Kier alpha value is -0.410. The van der Waals surface area contributed by atoms with Crippen molar-refractivity contribution in [1.29, 1.82) is 0 Å². The van der Waals surface area contributed by atoms with E-state index in [2.05, 4.69) is 0 Å². The van der Waals surface area contributed by atoms with E-state index >= 15 is 0 Å². The van der Waals surface area contributed by atoms with Crippen LogP contribution < -0.4 is 11.5 Å². The molecule has 0 rings (SSSR count). The van der Waals surface area contributed by atoms with Crippen LogP contribution in [0.3, 0.4) is 0 Å². The molecule has 0 aliphatic carbocycles. The SMILES string of the molecule is CC(=O)C(N)C(C)(C)CN. The lowest BCUT2D eigenvalue weighted by Gasteiger charge is -2.27. The number of carbonyl (C=O) groups excluding carboxylic acids is 1. The molecule has 0 aromatic carbocycles. The first-order valence-electron chi connectivity index (χ1n) is 3.38.